The predicted molar refractivity (Wildman–Crippen MR) is 79.0 cm³/mol. The molecule has 4 nitrogen and oxygen atoms in total. The molecule has 0 heterocycles. The molecule has 0 amide bonds. The predicted octanol–water partition coefficient (Wildman–Crippen LogP) is 3.53. The summed E-state index contributed by atoms with van der Waals surface area (Å²) >= 11 is 0. The van der Waals surface area contributed by atoms with E-state index in [0.29, 0.717) is 11.3 Å². The lowest BCUT2D eigenvalue weighted by Crippen LogP contribution is -2.10. The molecule has 0 bridgehead atoms. The van der Waals surface area contributed by atoms with Crippen molar-refractivity contribution in [3.8, 4) is 5.75 Å². The summed E-state index contributed by atoms with van der Waals surface area (Å²) < 4.78 is 5.38. The number of carboxylic acid groups (broad SMARTS) is 1. The van der Waals surface area contributed by atoms with Gasteiger partial charge in [0.25, 0.3) is 0 Å². The Kier molecular flexibility index (Phi) is 4.08. The fourth-order valence-electron chi connectivity index (χ4n) is 1.95. The minimum atomic E-state index is -1.03. The van der Waals surface area contributed by atoms with E-state index in [4.69, 9.17) is 9.84 Å². The average Bonchev–Trinajstić information content (AvgIpc) is 2.48. The molecule has 0 spiro atoms. The maximum atomic E-state index is 12.1. The largest absolute Gasteiger partial charge is 0.478 e. The minimum Gasteiger partial charge on any atom is -0.478 e. The second kappa shape index (κ2) is 5.79. The van der Waals surface area contributed by atoms with Gasteiger partial charge in [-0.15, -0.1) is 0 Å². The van der Waals surface area contributed by atoms with Crippen molar-refractivity contribution < 1.29 is 19.4 Å². The van der Waals surface area contributed by atoms with Crippen molar-refractivity contribution in [1.29, 1.82) is 0 Å². The summed E-state index contributed by atoms with van der Waals surface area (Å²) in [6.07, 6.45) is 0. The molecule has 0 aliphatic carbocycles. The van der Waals surface area contributed by atoms with Crippen molar-refractivity contribution in [2.24, 2.45) is 0 Å². The molecule has 0 saturated heterocycles. The van der Waals surface area contributed by atoms with Gasteiger partial charge in [0.1, 0.15) is 5.75 Å². The Bertz CT molecular complexity index is 699. The third kappa shape index (κ3) is 3.11. The van der Waals surface area contributed by atoms with Crippen molar-refractivity contribution in [1.82, 2.24) is 0 Å². The topological polar surface area (TPSA) is 63.6 Å². The highest BCUT2D eigenvalue weighted by molar-refractivity contribution is 5.93. The lowest BCUT2D eigenvalue weighted by atomic mass is 10.0. The number of carbonyl (C=O) groups excluding carboxylic acids is 1. The van der Waals surface area contributed by atoms with Gasteiger partial charge in [0.2, 0.25) is 0 Å². The number of carboxylic acids is 1. The molecule has 0 aliphatic rings. The van der Waals surface area contributed by atoms with Crippen LogP contribution < -0.4 is 4.74 Å². The number of aromatic carboxylic acids is 1. The van der Waals surface area contributed by atoms with Gasteiger partial charge in [0.15, 0.2) is 0 Å². The van der Waals surface area contributed by atoms with E-state index in [1.54, 1.807) is 6.07 Å². The Balaban J connectivity index is 2.22. The molecule has 2 aromatic carbocycles. The Morgan fingerprint density at radius 2 is 1.43 bits per heavy atom. The fraction of sp³-hybridized carbons (Fsp3) is 0.176. The zero-order chi connectivity index (χ0) is 15.6. The highest BCUT2D eigenvalue weighted by atomic mass is 16.5. The number of esters is 1. The van der Waals surface area contributed by atoms with E-state index in [9.17, 15) is 9.59 Å². The standard InChI is InChI=1S/C17H16O4/c1-10-4-9-15(12(3)11(10)2)21-17(20)14-7-5-13(6-8-14)16(18)19/h4-9H,1-3H3,(H,18,19). The van der Waals surface area contributed by atoms with Crippen LogP contribution >= 0.6 is 0 Å². The van der Waals surface area contributed by atoms with Crippen LogP contribution in [0.2, 0.25) is 0 Å². The van der Waals surface area contributed by atoms with Crippen LogP contribution in [-0.4, -0.2) is 17.0 Å². The van der Waals surface area contributed by atoms with Gasteiger partial charge >= 0.3 is 11.9 Å². The summed E-state index contributed by atoms with van der Waals surface area (Å²) in [4.78, 5) is 22.8. The number of benzene rings is 2. The Hall–Kier alpha value is -2.62. The zero-order valence-corrected chi connectivity index (χ0v) is 12.1. The molecule has 2 aromatic rings. The van der Waals surface area contributed by atoms with Gasteiger partial charge in [-0.25, -0.2) is 9.59 Å². The van der Waals surface area contributed by atoms with E-state index in [1.165, 1.54) is 24.3 Å². The number of rotatable bonds is 3. The van der Waals surface area contributed by atoms with Gasteiger partial charge < -0.3 is 9.84 Å². The smallest absolute Gasteiger partial charge is 0.343 e. The van der Waals surface area contributed by atoms with Crippen molar-refractivity contribution in [3.63, 3.8) is 0 Å². The molecule has 0 radical (unpaired) electrons. The van der Waals surface area contributed by atoms with Gasteiger partial charge in [-0.2, -0.15) is 0 Å². The van der Waals surface area contributed by atoms with Crippen molar-refractivity contribution >= 4 is 11.9 Å². The molecule has 4 heteroatoms. The fourth-order valence-corrected chi connectivity index (χ4v) is 1.95. The van der Waals surface area contributed by atoms with E-state index >= 15 is 0 Å². The lowest BCUT2D eigenvalue weighted by Gasteiger charge is -2.11. The first kappa shape index (κ1) is 14.8. The van der Waals surface area contributed by atoms with Crippen LogP contribution in [0.15, 0.2) is 36.4 Å². The first-order valence-corrected chi connectivity index (χ1v) is 6.52. The molecule has 0 saturated carbocycles. The maximum absolute atomic E-state index is 12.1. The van der Waals surface area contributed by atoms with Gasteiger partial charge in [-0.1, -0.05) is 6.07 Å². The summed E-state index contributed by atoms with van der Waals surface area (Å²) in [5.41, 5.74) is 3.59. The van der Waals surface area contributed by atoms with Gasteiger partial charge in [0.05, 0.1) is 11.1 Å². The van der Waals surface area contributed by atoms with E-state index in [2.05, 4.69) is 0 Å². The van der Waals surface area contributed by atoms with Crippen LogP contribution in [-0.2, 0) is 0 Å². The van der Waals surface area contributed by atoms with Crippen LogP contribution in [0.5, 0.6) is 5.75 Å². The molecule has 108 valence electrons. The number of hydrogen-bond acceptors (Lipinski definition) is 3. The Labute approximate surface area is 123 Å². The Morgan fingerprint density at radius 1 is 0.857 bits per heavy atom. The third-order valence-corrected chi connectivity index (χ3v) is 3.58. The second-order valence-electron chi connectivity index (χ2n) is 4.90. The third-order valence-electron chi connectivity index (χ3n) is 3.58. The quantitative estimate of drug-likeness (QED) is 0.691. The SMILES string of the molecule is Cc1ccc(OC(=O)c2ccc(C(=O)O)cc2)c(C)c1C. The summed E-state index contributed by atoms with van der Waals surface area (Å²) in [7, 11) is 0. The minimum absolute atomic E-state index is 0.133. The lowest BCUT2D eigenvalue weighted by molar-refractivity contribution is 0.0691. The normalized spacial score (nSPS) is 10.2. The first-order valence-electron chi connectivity index (χ1n) is 6.52. The summed E-state index contributed by atoms with van der Waals surface area (Å²) in [5, 5.41) is 8.83. The van der Waals surface area contributed by atoms with E-state index in [1.807, 2.05) is 26.8 Å². The van der Waals surface area contributed by atoms with E-state index in [0.717, 1.165) is 16.7 Å². The summed E-state index contributed by atoms with van der Waals surface area (Å²) in [5.74, 6) is -1.01. The summed E-state index contributed by atoms with van der Waals surface area (Å²) in [6.45, 7) is 5.88. The van der Waals surface area contributed by atoms with Crippen LogP contribution in [0.1, 0.15) is 37.4 Å². The van der Waals surface area contributed by atoms with Crippen LogP contribution in [0.25, 0.3) is 0 Å². The van der Waals surface area contributed by atoms with Crippen LogP contribution in [0, 0.1) is 20.8 Å². The molecule has 0 atom stereocenters. The second-order valence-corrected chi connectivity index (χ2v) is 4.90. The molecular formula is C17H16O4. The monoisotopic (exact) mass is 284 g/mol. The molecule has 21 heavy (non-hydrogen) atoms. The zero-order valence-electron chi connectivity index (χ0n) is 12.1. The van der Waals surface area contributed by atoms with E-state index < -0.39 is 11.9 Å². The molecule has 0 aromatic heterocycles. The Morgan fingerprint density at radius 3 is 2.00 bits per heavy atom. The molecule has 1 N–H and O–H groups in total. The number of aryl methyl sites for hydroxylation is 1. The first-order chi connectivity index (χ1) is 9.90. The molecule has 0 aliphatic heterocycles. The molecule has 2 rings (SSSR count). The highest BCUT2D eigenvalue weighted by Gasteiger charge is 2.13. The number of hydrogen-bond donors (Lipinski definition) is 1. The number of carbonyl (C=O) groups is 2. The highest BCUT2D eigenvalue weighted by Crippen LogP contribution is 2.24. The molecule has 0 unspecified atom stereocenters. The molecule has 0 fully saturated rings. The van der Waals surface area contributed by atoms with Crippen molar-refractivity contribution in [2.75, 3.05) is 0 Å². The maximum Gasteiger partial charge on any atom is 0.343 e. The average molecular weight is 284 g/mol. The number of ether oxygens (including phenoxy) is 1. The van der Waals surface area contributed by atoms with Gasteiger partial charge in [-0.3, -0.25) is 0 Å². The van der Waals surface area contributed by atoms with Crippen LogP contribution in [0.3, 0.4) is 0 Å². The van der Waals surface area contributed by atoms with E-state index in [-0.39, 0.29) is 5.56 Å². The van der Waals surface area contributed by atoms with Gasteiger partial charge in [0, 0.05) is 0 Å². The van der Waals surface area contributed by atoms with Crippen molar-refractivity contribution in [3.05, 3.63) is 64.2 Å². The van der Waals surface area contributed by atoms with Crippen LogP contribution in [0.4, 0.5) is 0 Å². The summed E-state index contributed by atoms with van der Waals surface area (Å²) in [6, 6.07) is 9.32. The van der Waals surface area contributed by atoms with Crippen molar-refractivity contribution in [2.45, 2.75) is 20.8 Å². The van der Waals surface area contributed by atoms with Gasteiger partial charge in [-0.05, 0) is 67.8 Å². The molecular weight excluding hydrogens is 268 g/mol.